The van der Waals surface area contributed by atoms with Crippen LogP contribution in [0.1, 0.15) is 11.3 Å². The Kier molecular flexibility index (Phi) is 4.44. The number of morpholine rings is 1. The number of aromatic nitrogens is 3. The molecule has 2 aliphatic rings. The molecule has 6 nitrogen and oxygen atoms in total. The van der Waals surface area contributed by atoms with E-state index in [2.05, 4.69) is 64.2 Å². The summed E-state index contributed by atoms with van der Waals surface area (Å²) in [5, 5.41) is 3.56. The second-order valence-electron chi connectivity index (χ2n) is 7.62. The number of rotatable bonds is 3. The van der Waals surface area contributed by atoms with E-state index < -0.39 is 0 Å². The molecule has 4 aromatic rings. The molecule has 0 spiro atoms. The first-order chi connectivity index (χ1) is 15.3. The van der Waals surface area contributed by atoms with Crippen LogP contribution < -0.4 is 10.2 Å². The largest absolute Gasteiger partial charge is 0.378 e. The molecule has 0 radical (unpaired) electrons. The van der Waals surface area contributed by atoms with Crippen LogP contribution in [-0.2, 0) is 4.74 Å². The SMILES string of the molecule is C=C(c1ccc2c(c1)Nc1ccccc1S2)c1cn2ccnc2c(N2CCOCC2)n1. The number of benzene rings is 2. The first-order valence-corrected chi connectivity index (χ1v) is 11.1. The number of nitrogens with one attached hydrogen (secondary N) is 1. The summed E-state index contributed by atoms with van der Waals surface area (Å²) in [7, 11) is 0. The molecular formula is C24H21N5OS. The van der Waals surface area contributed by atoms with Crippen LogP contribution in [0.2, 0.25) is 0 Å². The fourth-order valence-electron chi connectivity index (χ4n) is 4.02. The quantitative estimate of drug-likeness (QED) is 0.445. The molecule has 0 bridgehead atoms. The first kappa shape index (κ1) is 18.5. The molecule has 2 aromatic carbocycles. The summed E-state index contributed by atoms with van der Waals surface area (Å²) in [6.45, 7) is 7.42. The van der Waals surface area contributed by atoms with Gasteiger partial charge in [-0.3, -0.25) is 0 Å². The van der Waals surface area contributed by atoms with E-state index in [1.807, 2.05) is 23.0 Å². The molecule has 0 amide bonds. The standard InChI is InChI=1S/C24H21N5OS/c1-16(17-6-7-22-19(14-17)26-18-4-2-3-5-21(18)31-22)20-15-29-9-8-25-23(29)24(27-20)28-10-12-30-13-11-28/h2-9,14-15,26H,1,10-13H2. The molecule has 2 aliphatic heterocycles. The van der Waals surface area contributed by atoms with Crippen molar-refractivity contribution < 1.29 is 4.74 Å². The van der Waals surface area contributed by atoms with Crippen molar-refractivity contribution in [2.45, 2.75) is 9.79 Å². The highest BCUT2D eigenvalue weighted by molar-refractivity contribution is 7.99. The molecule has 2 aromatic heterocycles. The van der Waals surface area contributed by atoms with Gasteiger partial charge in [0.25, 0.3) is 0 Å². The van der Waals surface area contributed by atoms with Crippen LogP contribution in [0.3, 0.4) is 0 Å². The summed E-state index contributed by atoms with van der Waals surface area (Å²) >= 11 is 1.78. The van der Waals surface area contributed by atoms with Crippen molar-refractivity contribution in [3.05, 3.63) is 78.9 Å². The van der Waals surface area contributed by atoms with Gasteiger partial charge in [-0.15, -0.1) is 0 Å². The number of para-hydroxylation sites is 1. The number of anilines is 3. The Balaban J connectivity index is 1.37. The van der Waals surface area contributed by atoms with Gasteiger partial charge in [-0.25, -0.2) is 9.97 Å². The molecule has 1 N–H and O–H groups in total. The Labute approximate surface area is 184 Å². The number of fused-ring (bicyclic) bond motifs is 3. The van der Waals surface area contributed by atoms with Crippen molar-refractivity contribution >= 4 is 40.2 Å². The molecule has 1 fully saturated rings. The zero-order valence-corrected chi connectivity index (χ0v) is 17.7. The average Bonchev–Trinajstić information content (AvgIpc) is 3.30. The number of hydrogen-bond donors (Lipinski definition) is 1. The summed E-state index contributed by atoms with van der Waals surface area (Å²) in [5.41, 5.74) is 5.87. The fourth-order valence-corrected chi connectivity index (χ4v) is 4.99. The van der Waals surface area contributed by atoms with Gasteiger partial charge in [-0.2, -0.15) is 0 Å². The van der Waals surface area contributed by atoms with Crippen molar-refractivity contribution in [2.24, 2.45) is 0 Å². The predicted molar refractivity (Wildman–Crippen MR) is 124 cm³/mol. The molecule has 0 saturated carbocycles. The molecule has 7 heteroatoms. The number of nitrogens with zero attached hydrogens (tertiary/aromatic N) is 4. The maximum Gasteiger partial charge on any atom is 0.180 e. The number of ether oxygens (including phenoxy) is 1. The lowest BCUT2D eigenvalue weighted by Gasteiger charge is -2.28. The van der Waals surface area contributed by atoms with Crippen molar-refractivity contribution in [2.75, 3.05) is 36.5 Å². The van der Waals surface area contributed by atoms with Gasteiger partial charge in [-0.05, 0) is 29.8 Å². The van der Waals surface area contributed by atoms with E-state index in [9.17, 15) is 0 Å². The molecule has 0 unspecified atom stereocenters. The minimum Gasteiger partial charge on any atom is -0.378 e. The van der Waals surface area contributed by atoms with Crippen LogP contribution >= 0.6 is 11.8 Å². The number of imidazole rings is 1. The highest BCUT2D eigenvalue weighted by Crippen LogP contribution is 2.44. The van der Waals surface area contributed by atoms with E-state index in [1.54, 1.807) is 11.8 Å². The Morgan fingerprint density at radius 1 is 1.06 bits per heavy atom. The summed E-state index contributed by atoms with van der Waals surface area (Å²) in [4.78, 5) is 14.2. The van der Waals surface area contributed by atoms with E-state index in [4.69, 9.17) is 9.72 Å². The Hall–Kier alpha value is -3.29. The molecule has 0 aliphatic carbocycles. The summed E-state index contributed by atoms with van der Waals surface area (Å²) < 4.78 is 7.55. The first-order valence-electron chi connectivity index (χ1n) is 10.3. The molecule has 1 saturated heterocycles. The van der Waals surface area contributed by atoms with Gasteiger partial charge in [0.15, 0.2) is 11.5 Å². The van der Waals surface area contributed by atoms with Crippen LogP contribution in [0.5, 0.6) is 0 Å². The van der Waals surface area contributed by atoms with Gasteiger partial charge in [0.2, 0.25) is 0 Å². The second kappa shape index (κ2) is 7.44. The second-order valence-corrected chi connectivity index (χ2v) is 8.70. The molecule has 4 heterocycles. The minimum atomic E-state index is 0.704. The van der Waals surface area contributed by atoms with E-state index in [0.29, 0.717) is 13.2 Å². The monoisotopic (exact) mass is 427 g/mol. The van der Waals surface area contributed by atoms with Crippen molar-refractivity contribution in [3.63, 3.8) is 0 Å². The van der Waals surface area contributed by atoms with E-state index >= 15 is 0 Å². The lowest BCUT2D eigenvalue weighted by Crippen LogP contribution is -2.37. The topological polar surface area (TPSA) is 54.7 Å². The highest BCUT2D eigenvalue weighted by Gasteiger charge is 2.20. The van der Waals surface area contributed by atoms with Crippen LogP contribution in [0.25, 0.3) is 11.2 Å². The van der Waals surface area contributed by atoms with Crippen molar-refractivity contribution in [3.8, 4) is 0 Å². The zero-order valence-electron chi connectivity index (χ0n) is 16.9. The lowest BCUT2D eigenvalue weighted by atomic mass is 10.0. The van der Waals surface area contributed by atoms with Gasteiger partial charge < -0.3 is 19.4 Å². The van der Waals surface area contributed by atoms with Gasteiger partial charge in [0, 0.05) is 47.0 Å². The maximum atomic E-state index is 5.52. The van der Waals surface area contributed by atoms with Crippen LogP contribution in [0.4, 0.5) is 17.2 Å². The van der Waals surface area contributed by atoms with Gasteiger partial charge >= 0.3 is 0 Å². The Morgan fingerprint density at radius 2 is 1.90 bits per heavy atom. The predicted octanol–water partition coefficient (Wildman–Crippen LogP) is 4.84. The Morgan fingerprint density at radius 3 is 2.81 bits per heavy atom. The smallest absolute Gasteiger partial charge is 0.180 e. The molecular weight excluding hydrogens is 406 g/mol. The maximum absolute atomic E-state index is 5.52. The van der Waals surface area contributed by atoms with Gasteiger partial charge in [0.05, 0.1) is 30.3 Å². The molecule has 31 heavy (non-hydrogen) atoms. The van der Waals surface area contributed by atoms with Crippen molar-refractivity contribution in [1.29, 1.82) is 0 Å². The van der Waals surface area contributed by atoms with Crippen LogP contribution in [0, 0.1) is 0 Å². The molecule has 0 atom stereocenters. The van der Waals surface area contributed by atoms with Crippen molar-refractivity contribution in [1.82, 2.24) is 14.4 Å². The normalized spacial score (nSPS) is 15.3. The van der Waals surface area contributed by atoms with Crippen LogP contribution in [0.15, 0.2) is 77.4 Å². The highest BCUT2D eigenvalue weighted by atomic mass is 32.2. The number of hydrogen-bond acceptors (Lipinski definition) is 6. The van der Waals surface area contributed by atoms with E-state index in [0.717, 1.165) is 52.8 Å². The summed E-state index contributed by atoms with van der Waals surface area (Å²) in [6.07, 6.45) is 5.77. The van der Waals surface area contributed by atoms with E-state index in [-0.39, 0.29) is 0 Å². The fraction of sp³-hybridized carbons (Fsp3) is 0.167. The zero-order chi connectivity index (χ0) is 20.8. The minimum absolute atomic E-state index is 0.704. The third-order valence-electron chi connectivity index (χ3n) is 5.68. The Bertz CT molecular complexity index is 1310. The molecule has 154 valence electrons. The van der Waals surface area contributed by atoms with Crippen LogP contribution in [-0.4, -0.2) is 40.7 Å². The van der Waals surface area contributed by atoms with Gasteiger partial charge in [-0.1, -0.05) is 36.5 Å². The summed E-state index contributed by atoms with van der Waals surface area (Å²) in [5.74, 6) is 0.882. The summed E-state index contributed by atoms with van der Waals surface area (Å²) in [6, 6.07) is 14.8. The third kappa shape index (κ3) is 3.26. The van der Waals surface area contributed by atoms with E-state index in [1.165, 1.54) is 9.79 Å². The lowest BCUT2D eigenvalue weighted by molar-refractivity contribution is 0.122. The third-order valence-corrected chi connectivity index (χ3v) is 6.83. The van der Waals surface area contributed by atoms with Gasteiger partial charge in [0.1, 0.15) is 0 Å². The molecule has 6 rings (SSSR count). The average molecular weight is 428 g/mol.